The highest BCUT2D eigenvalue weighted by atomic mass is 16.5. The van der Waals surface area contributed by atoms with Crippen molar-refractivity contribution >= 4 is 40.3 Å². The lowest BCUT2D eigenvalue weighted by atomic mass is 9.90. The van der Waals surface area contributed by atoms with Crippen molar-refractivity contribution in [2.75, 3.05) is 63.9 Å². The first-order valence-corrected chi connectivity index (χ1v) is 17.4. The maximum absolute atomic E-state index is 13.6. The van der Waals surface area contributed by atoms with Crippen LogP contribution in [0.2, 0.25) is 0 Å². The standard InChI is InChI=1S/C39H45N5O6/c1-5-42(6-2)27-13-15-31-33(25-27)50-34-26-28(43(7-3)8-4)14-16-32(34)38(31)29-11-9-10-12-30(29)39(48)41-21-24-49-23-20-40-35(45)19-22-44-36(46)17-18-37(44)47/h9-18,25-26H,5-8,19-24H2,1-4H3,(H-,40,41,45,48)/p+1. The van der Waals surface area contributed by atoms with Crippen LogP contribution in [-0.4, -0.2) is 87.6 Å². The van der Waals surface area contributed by atoms with Gasteiger partial charge in [0.25, 0.3) is 17.7 Å². The first-order valence-electron chi connectivity index (χ1n) is 17.4. The summed E-state index contributed by atoms with van der Waals surface area (Å²) in [5.41, 5.74) is 5.03. The number of carbonyl (C=O) groups is 4. The van der Waals surface area contributed by atoms with Crippen molar-refractivity contribution < 1.29 is 28.3 Å². The van der Waals surface area contributed by atoms with Gasteiger partial charge in [-0.3, -0.25) is 24.1 Å². The highest BCUT2D eigenvalue weighted by Gasteiger charge is 2.24. The number of nitrogens with zero attached hydrogens (tertiary/aromatic N) is 3. The highest BCUT2D eigenvalue weighted by molar-refractivity contribution is 6.13. The zero-order valence-electron chi connectivity index (χ0n) is 29.3. The molecule has 0 atom stereocenters. The highest BCUT2D eigenvalue weighted by Crippen LogP contribution is 2.42. The number of hydrogen-bond acceptors (Lipinski definition) is 7. The van der Waals surface area contributed by atoms with Gasteiger partial charge >= 0.3 is 0 Å². The SMILES string of the molecule is CCN(CC)c1ccc2c(-c3ccccc3C(=O)NCCOCCNC(=O)CCN3C(=O)C=CC3=O)c3ccc(=[N+](CC)CC)cc-3oc2c1. The normalized spacial score (nSPS) is 12.6. The van der Waals surface area contributed by atoms with E-state index in [1.54, 1.807) is 0 Å². The molecular weight excluding hydrogens is 634 g/mol. The largest absolute Gasteiger partial charge is 0.456 e. The fourth-order valence-corrected chi connectivity index (χ4v) is 6.28. The Kier molecular flexibility index (Phi) is 12.2. The predicted octanol–water partition coefficient (Wildman–Crippen LogP) is 4.04. The van der Waals surface area contributed by atoms with Crippen molar-refractivity contribution in [3.8, 4) is 22.5 Å². The molecule has 0 fully saturated rings. The van der Waals surface area contributed by atoms with Crippen molar-refractivity contribution in [2.45, 2.75) is 34.1 Å². The Bertz CT molecular complexity index is 1920. The van der Waals surface area contributed by atoms with Crippen LogP contribution in [0.3, 0.4) is 0 Å². The molecule has 0 radical (unpaired) electrons. The first kappa shape index (κ1) is 36.0. The number of imide groups is 1. The third kappa shape index (κ3) is 8.11. The Morgan fingerprint density at radius 2 is 1.54 bits per heavy atom. The maximum atomic E-state index is 13.6. The van der Waals surface area contributed by atoms with Gasteiger partial charge in [0.1, 0.15) is 24.4 Å². The smallest absolute Gasteiger partial charge is 0.253 e. The van der Waals surface area contributed by atoms with Gasteiger partial charge in [0.2, 0.25) is 11.3 Å². The zero-order chi connectivity index (χ0) is 35.6. The molecule has 11 nitrogen and oxygen atoms in total. The van der Waals surface area contributed by atoms with Gasteiger partial charge in [0.15, 0.2) is 0 Å². The van der Waals surface area contributed by atoms with Gasteiger partial charge in [0.05, 0.1) is 19.3 Å². The topological polar surface area (TPSA) is 124 Å². The molecule has 0 aromatic heterocycles. The molecule has 0 bridgehead atoms. The average Bonchev–Trinajstić information content (AvgIpc) is 3.45. The molecule has 3 aliphatic rings. The van der Waals surface area contributed by atoms with Crippen LogP contribution in [0.1, 0.15) is 44.5 Å². The fourth-order valence-electron chi connectivity index (χ4n) is 6.28. The maximum Gasteiger partial charge on any atom is 0.253 e. The molecule has 0 unspecified atom stereocenters. The van der Waals surface area contributed by atoms with E-state index in [1.165, 1.54) is 12.2 Å². The monoisotopic (exact) mass is 680 g/mol. The molecule has 11 heteroatoms. The van der Waals surface area contributed by atoms with Gasteiger partial charge in [0, 0.05) is 91.2 Å². The number of fused-ring (bicyclic) bond motifs is 2. The second kappa shape index (κ2) is 16.9. The van der Waals surface area contributed by atoms with Crippen LogP contribution in [0.4, 0.5) is 5.69 Å². The molecule has 2 heterocycles. The molecular formula is C39H46N5O6+. The molecule has 2 aromatic carbocycles. The number of carbonyl (C=O) groups excluding carboxylic acids is 4. The second-order valence-corrected chi connectivity index (χ2v) is 11.9. The molecule has 2 aromatic rings. The van der Waals surface area contributed by atoms with Gasteiger partial charge in [-0.2, -0.15) is 0 Å². The number of ether oxygens (including phenoxy) is 1. The third-order valence-corrected chi connectivity index (χ3v) is 8.95. The summed E-state index contributed by atoms with van der Waals surface area (Å²) in [6.07, 6.45) is 2.40. The summed E-state index contributed by atoms with van der Waals surface area (Å²) in [7, 11) is 0. The van der Waals surface area contributed by atoms with Crippen LogP contribution in [-0.2, 0) is 19.1 Å². The van der Waals surface area contributed by atoms with Crippen LogP contribution in [0.5, 0.6) is 0 Å². The molecule has 262 valence electrons. The van der Waals surface area contributed by atoms with Gasteiger partial charge in [-0.1, -0.05) is 18.2 Å². The van der Waals surface area contributed by atoms with Gasteiger partial charge < -0.3 is 24.7 Å². The third-order valence-electron chi connectivity index (χ3n) is 8.95. The molecule has 5 rings (SSSR count). The summed E-state index contributed by atoms with van der Waals surface area (Å²) in [6.45, 7) is 13.1. The van der Waals surface area contributed by atoms with E-state index in [4.69, 9.17) is 9.15 Å². The Hall–Kier alpha value is -5.29. The second-order valence-electron chi connectivity index (χ2n) is 11.9. The molecule has 0 saturated carbocycles. The van der Waals surface area contributed by atoms with E-state index in [0.717, 1.165) is 75.5 Å². The molecule has 50 heavy (non-hydrogen) atoms. The van der Waals surface area contributed by atoms with E-state index in [0.29, 0.717) is 5.56 Å². The van der Waals surface area contributed by atoms with Crippen LogP contribution < -0.4 is 25.5 Å². The van der Waals surface area contributed by atoms with Crippen molar-refractivity contribution in [1.82, 2.24) is 20.1 Å². The Balaban J connectivity index is 1.30. The van der Waals surface area contributed by atoms with Crippen LogP contribution in [0.15, 0.2) is 77.2 Å². The Morgan fingerprint density at radius 1 is 0.840 bits per heavy atom. The van der Waals surface area contributed by atoms with Crippen molar-refractivity contribution in [1.29, 1.82) is 0 Å². The number of hydrogen-bond donors (Lipinski definition) is 2. The van der Waals surface area contributed by atoms with Gasteiger partial charge in [-0.05, 0) is 57.5 Å². The van der Waals surface area contributed by atoms with Crippen molar-refractivity contribution in [2.24, 2.45) is 0 Å². The minimum Gasteiger partial charge on any atom is -0.456 e. The number of amides is 4. The van der Waals surface area contributed by atoms with E-state index in [-0.39, 0.29) is 51.1 Å². The minimum atomic E-state index is -0.411. The molecule has 2 N–H and O–H groups in total. The first-order chi connectivity index (χ1) is 24.3. The Morgan fingerprint density at radius 3 is 2.24 bits per heavy atom. The summed E-state index contributed by atoms with van der Waals surface area (Å²) in [6, 6.07) is 20.2. The van der Waals surface area contributed by atoms with Crippen LogP contribution >= 0.6 is 0 Å². The number of anilines is 1. The van der Waals surface area contributed by atoms with E-state index >= 15 is 0 Å². The van der Waals surface area contributed by atoms with E-state index in [1.807, 2.05) is 24.3 Å². The zero-order valence-corrected chi connectivity index (χ0v) is 29.3. The van der Waals surface area contributed by atoms with Gasteiger partial charge in [-0.25, -0.2) is 4.58 Å². The van der Waals surface area contributed by atoms with Crippen LogP contribution in [0, 0.1) is 0 Å². The lowest BCUT2D eigenvalue weighted by Gasteiger charge is -2.22. The number of rotatable bonds is 16. The van der Waals surface area contributed by atoms with E-state index in [9.17, 15) is 19.2 Å². The van der Waals surface area contributed by atoms with Crippen molar-refractivity contribution in [3.05, 3.63) is 83.7 Å². The Labute approximate surface area is 292 Å². The predicted molar refractivity (Wildman–Crippen MR) is 195 cm³/mol. The molecule has 1 aliphatic carbocycles. The summed E-state index contributed by atoms with van der Waals surface area (Å²) in [5, 5.41) is 7.69. The summed E-state index contributed by atoms with van der Waals surface area (Å²) < 4.78 is 14.5. The van der Waals surface area contributed by atoms with Crippen molar-refractivity contribution in [3.63, 3.8) is 0 Å². The molecule has 2 aliphatic heterocycles. The molecule has 4 amide bonds. The van der Waals surface area contributed by atoms with Crippen LogP contribution in [0.25, 0.3) is 33.4 Å². The van der Waals surface area contributed by atoms with Gasteiger partial charge in [-0.15, -0.1) is 0 Å². The number of nitrogens with one attached hydrogen (secondary N) is 2. The fraction of sp³-hybridized carbons (Fsp3) is 0.359. The molecule has 0 spiro atoms. The lowest BCUT2D eigenvalue weighted by Crippen LogP contribution is -2.35. The minimum absolute atomic E-state index is 0.0167. The van der Waals surface area contributed by atoms with E-state index < -0.39 is 11.8 Å². The molecule has 0 saturated heterocycles. The quantitative estimate of drug-likeness (QED) is 0.0793. The lowest BCUT2D eigenvalue weighted by molar-refractivity contribution is -0.137. The summed E-state index contributed by atoms with van der Waals surface area (Å²) >= 11 is 0. The average molecular weight is 681 g/mol. The number of benzene rings is 3. The summed E-state index contributed by atoms with van der Waals surface area (Å²) in [4.78, 5) is 52.3. The summed E-state index contributed by atoms with van der Waals surface area (Å²) in [5.74, 6) is -0.580. The van der Waals surface area contributed by atoms with E-state index in [2.05, 4.69) is 84.2 Å².